The van der Waals surface area contributed by atoms with Crippen LogP contribution in [0.25, 0.3) is 5.57 Å². The summed E-state index contributed by atoms with van der Waals surface area (Å²) in [6, 6.07) is 13.1. The first-order valence-electron chi connectivity index (χ1n) is 10.1. The van der Waals surface area contributed by atoms with E-state index in [0.717, 1.165) is 53.6 Å². The van der Waals surface area contributed by atoms with E-state index in [2.05, 4.69) is 34.7 Å². The third kappa shape index (κ3) is 4.76. The van der Waals surface area contributed by atoms with Gasteiger partial charge in [-0.2, -0.15) is 0 Å². The smallest absolute Gasteiger partial charge is 0.203 e. The van der Waals surface area contributed by atoms with E-state index in [0.29, 0.717) is 22.2 Å². The van der Waals surface area contributed by atoms with Crippen LogP contribution in [-0.2, 0) is 9.84 Å². The summed E-state index contributed by atoms with van der Waals surface area (Å²) in [5.74, 6) is 0.611. The molecule has 2 aromatic rings. The summed E-state index contributed by atoms with van der Waals surface area (Å²) in [4.78, 5) is 3.12. The molecule has 0 radical (unpaired) electrons. The van der Waals surface area contributed by atoms with Crippen molar-refractivity contribution in [2.75, 3.05) is 26.2 Å². The zero-order valence-corrected chi connectivity index (χ0v) is 19.6. The Bertz CT molecular complexity index is 993. The molecular formula is C23H28BrNO3S. The van der Waals surface area contributed by atoms with Gasteiger partial charge in [0.25, 0.3) is 0 Å². The van der Waals surface area contributed by atoms with Crippen molar-refractivity contribution in [3.63, 3.8) is 0 Å². The molecule has 0 saturated heterocycles. The molecule has 1 aliphatic rings. The van der Waals surface area contributed by atoms with E-state index in [1.165, 1.54) is 0 Å². The van der Waals surface area contributed by atoms with Gasteiger partial charge < -0.3 is 9.64 Å². The summed E-state index contributed by atoms with van der Waals surface area (Å²) in [7, 11) is -3.49. The van der Waals surface area contributed by atoms with Crippen molar-refractivity contribution in [3.8, 4) is 5.75 Å². The maximum atomic E-state index is 13.0. The van der Waals surface area contributed by atoms with E-state index in [1.54, 1.807) is 13.0 Å². The molecule has 6 heteroatoms. The van der Waals surface area contributed by atoms with Crippen LogP contribution >= 0.6 is 15.9 Å². The zero-order chi connectivity index (χ0) is 21.0. The van der Waals surface area contributed by atoms with Crippen LogP contribution in [0.3, 0.4) is 0 Å². The SMILES string of the molecule is CCN(CC)CCCCOc1ccc2c(c1)S(=O)(=O)C(C)=C2c1ccc(Br)cc1. The second-order valence-electron chi connectivity index (χ2n) is 7.18. The average Bonchev–Trinajstić information content (AvgIpc) is 2.91. The van der Waals surface area contributed by atoms with E-state index in [1.807, 2.05) is 36.4 Å². The molecule has 156 valence electrons. The molecule has 4 nitrogen and oxygen atoms in total. The molecule has 0 aromatic heterocycles. The fourth-order valence-corrected chi connectivity index (χ4v) is 5.47. The normalized spacial score (nSPS) is 15.1. The van der Waals surface area contributed by atoms with Crippen LogP contribution in [0.2, 0.25) is 0 Å². The largest absolute Gasteiger partial charge is 0.494 e. The lowest BCUT2D eigenvalue weighted by molar-refractivity contribution is 0.266. The van der Waals surface area contributed by atoms with E-state index < -0.39 is 9.84 Å². The van der Waals surface area contributed by atoms with Crippen molar-refractivity contribution < 1.29 is 13.2 Å². The topological polar surface area (TPSA) is 46.6 Å². The van der Waals surface area contributed by atoms with Crippen LogP contribution in [0.4, 0.5) is 0 Å². The minimum absolute atomic E-state index is 0.341. The molecule has 0 unspecified atom stereocenters. The zero-order valence-electron chi connectivity index (χ0n) is 17.2. The number of hydrogen-bond donors (Lipinski definition) is 0. The predicted octanol–water partition coefficient (Wildman–Crippen LogP) is 5.52. The Morgan fingerprint density at radius 3 is 2.34 bits per heavy atom. The average molecular weight is 478 g/mol. The molecule has 0 aliphatic carbocycles. The number of benzene rings is 2. The van der Waals surface area contributed by atoms with E-state index in [-0.39, 0.29) is 0 Å². The van der Waals surface area contributed by atoms with E-state index in [4.69, 9.17) is 4.74 Å². The molecule has 29 heavy (non-hydrogen) atoms. The Morgan fingerprint density at radius 2 is 1.69 bits per heavy atom. The Balaban J connectivity index is 1.73. The van der Waals surface area contributed by atoms with E-state index >= 15 is 0 Å². The van der Waals surface area contributed by atoms with Crippen molar-refractivity contribution in [1.29, 1.82) is 0 Å². The first kappa shape index (κ1) is 22.1. The second-order valence-corrected chi connectivity index (χ2v) is 10.2. The van der Waals surface area contributed by atoms with Gasteiger partial charge in [-0.1, -0.05) is 41.9 Å². The first-order chi connectivity index (χ1) is 13.9. The Kier molecular flexibility index (Phi) is 7.19. The van der Waals surface area contributed by atoms with Crippen LogP contribution in [-0.4, -0.2) is 39.6 Å². The summed E-state index contributed by atoms with van der Waals surface area (Å²) >= 11 is 3.43. The summed E-state index contributed by atoms with van der Waals surface area (Å²) in [5.41, 5.74) is 2.43. The number of ether oxygens (including phenoxy) is 1. The summed E-state index contributed by atoms with van der Waals surface area (Å²) in [6.45, 7) is 9.80. The molecule has 0 amide bonds. The quantitative estimate of drug-likeness (QED) is 0.446. The third-order valence-electron chi connectivity index (χ3n) is 5.43. The standard InChI is InChI=1S/C23H28BrNO3S/c1-4-25(5-2)14-6-7-15-28-20-12-13-21-22(16-20)29(26,27)17(3)23(21)18-8-10-19(24)11-9-18/h8-13,16H,4-7,14-15H2,1-3H3. The van der Waals surface area contributed by atoms with Gasteiger partial charge in [0.15, 0.2) is 0 Å². The highest BCUT2D eigenvalue weighted by atomic mass is 79.9. The Hall–Kier alpha value is -1.63. The number of hydrogen-bond acceptors (Lipinski definition) is 4. The minimum Gasteiger partial charge on any atom is -0.494 e. The molecule has 0 bridgehead atoms. The number of nitrogens with zero attached hydrogens (tertiary/aromatic N) is 1. The third-order valence-corrected chi connectivity index (χ3v) is 7.89. The van der Waals surface area contributed by atoms with Crippen molar-refractivity contribution in [3.05, 3.63) is 63.0 Å². The number of halogens is 1. The van der Waals surface area contributed by atoms with Crippen LogP contribution < -0.4 is 4.74 Å². The molecule has 3 rings (SSSR count). The number of sulfone groups is 1. The molecule has 1 aliphatic heterocycles. The first-order valence-corrected chi connectivity index (χ1v) is 12.4. The fourth-order valence-electron chi connectivity index (χ4n) is 3.65. The maximum Gasteiger partial charge on any atom is 0.203 e. The molecule has 0 spiro atoms. The highest BCUT2D eigenvalue weighted by Gasteiger charge is 2.33. The summed E-state index contributed by atoms with van der Waals surface area (Å²) in [6.07, 6.45) is 2.01. The van der Waals surface area contributed by atoms with Gasteiger partial charge in [-0.3, -0.25) is 0 Å². The van der Waals surface area contributed by atoms with Gasteiger partial charge in [0.1, 0.15) is 5.75 Å². The Morgan fingerprint density at radius 1 is 1.00 bits per heavy atom. The molecule has 0 fully saturated rings. The number of fused-ring (bicyclic) bond motifs is 1. The fraction of sp³-hybridized carbons (Fsp3) is 0.391. The molecule has 2 aromatic carbocycles. The number of unbranched alkanes of at least 4 members (excludes halogenated alkanes) is 1. The lowest BCUT2D eigenvalue weighted by Crippen LogP contribution is -2.24. The van der Waals surface area contributed by atoms with Crippen molar-refractivity contribution in [2.45, 2.75) is 38.5 Å². The van der Waals surface area contributed by atoms with Crippen molar-refractivity contribution in [2.24, 2.45) is 0 Å². The summed E-state index contributed by atoms with van der Waals surface area (Å²) < 4.78 is 32.8. The lowest BCUT2D eigenvalue weighted by atomic mass is 9.98. The van der Waals surface area contributed by atoms with Crippen LogP contribution in [0.1, 0.15) is 44.7 Å². The highest BCUT2D eigenvalue weighted by Crippen LogP contribution is 2.43. The van der Waals surface area contributed by atoms with Gasteiger partial charge in [0.05, 0.1) is 16.4 Å². The van der Waals surface area contributed by atoms with Gasteiger partial charge in [-0.25, -0.2) is 8.42 Å². The highest BCUT2D eigenvalue weighted by molar-refractivity contribution is 9.10. The van der Waals surface area contributed by atoms with Crippen molar-refractivity contribution in [1.82, 2.24) is 4.90 Å². The molecule has 0 saturated carbocycles. The van der Waals surface area contributed by atoms with Gasteiger partial charge in [-0.05, 0) is 75.3 Å². The van der Waals surface area contributed by atoms with Gasteiger partial charge in [0.2, 0.25) is 9.84 Å². The second kappa shape index (κ2) is 9.45. The predicted molar refractivity (Wildman–Crippen MR) is 122 cm³/mol. The minimum atomic E-state index is -3.49. The lowest BCUT2D eigenvalue weighted by Gasteiger charge is -2.17. The molecular weight excluding hydrogens is 450 g/mol. The van der Waals surface area contributed by atoms with Crippen molar-refractivity contribution >= 4 is 31.3 Å². The summed E-state index contributed by atoms with van der Waals surface area (Å²) in [5, 5.41) is 0. The molecule has 0 atom stereocenters. The number of rotatable bonds is 9. The van der Waals surface area contributed by atoms with Gasteiger partial charge in [0, 0.05) is 15.6 Å². The molecule has 1 heterocycles. The van der Waals surface area contributed by atoms with Crippen LogP contribution in [0, 0.1) is 0 Å². The van der Waals surface area contributed by atoms with E-state index in [9.17, 15) is 8.42 Å². The van der Waals surface area contributed by atoms with Gasteiger partial charge >= 0.3 is 0 Å². The maximum absolute atomic E-state index is 13.0. The number of allylic oxidation sites excluding steroid dienone is 1. The molecule has 0 N–H and O–H groups in total. The monoisotopic (exact) mass is 477 g/mol. The van der Waals surface area contributed by atoms with Crippen LogP contribution in [0.5, 0.6) is 5.75 Å². The Labute approximate surface area is 182 Å². The van der Waals surface area contributed by atoms with Crippen LogP contribution in [0.15, 0.2) is 56.7 Å². The van der Waals surface area contributed by atoms with Gasteiger partial charge in [-0.15, -0.1) is 0 Å².